The van der Waals surface area contributed by atoms with Crippen LogP contribution in [0, 0.1) is 0 Å². The molecule has 2 heterocycles. The summed E-state index contributed by atoms with van der Waals surface area (Å²) in [5.41, 5.74) is 0. The van der Waals surface area contributed by atoms with Gasteiger partial charge in [-0.1, -0.05) is 0 Å². The van der Waals surface area contributed by atoms with Crippen molar-refractivity contribution < 1.29 is 9.53 Å². The van der Waals surface area contributed by atoms with Gasteiger partial charge in [0.15, 0.2) is 0 Å². The first-order valence-electron chi connectivity index (χ1n) is 6.39. The van der Waals surface area contributed by atoms with E-state index in [4.69, 9.17) is 4.74 Å². The van der Waals surface area contributed by atoms with E-state index in [1.165, 1.54) is 19.3 Å². The lowest BCUT2D eigenvalue weighted by atomic mass is 10.1. The molecule has 0 saturated carbocycles. The molecule has 0 aromatic carbocycles. The van der Waals surface area contributed by atoms with Gasteiger partial charge in [-0.15, -0.1) is 0 Å². The van der Waals surface area contributed by atoms with Gasteiger partial charge < -0.3 is 9.64 Å². The number of ether oxygens (including phenoxy) is 1. The summed E-state index contributed by atoms with van der Waals surface area (Å²) in [5.74, 6) is 0.307. The number of carbonyl (C=O) groups excluding carboxylic acids is 1. The van der Waals surface area contributed by atoms with E-state index in [0.29, 0.717) is 5.91 Å². The van der Waals surface area contributed by atoms with E-state index in [1.54, 1.807) is 0 Å². The Labute approximate surface area is 97.5 Å². The zero-order chi connectivity index (χ0) is 11.4. The van der Waals surface area contributed by atoms with E-state index in [9.17, 15) is 4.79 Å². The molecule has 92 valence electrons. The van der Waals surface area contributed by atoms with E-state index >= 15 is 0 Å². The Bertz CT molecular complexity index is 233. The molecule has 2 aliphatic rings. The predicted octanol–water partition coefficient (Wildman–Crippen LogP) is 0.720. The first-order valence-corrected chi connectivity index (χ1v) is 6.39. The highest BCUT2D eigenvalue weighted by Gasteiger charge is 2.27. The lowest BCUT2D eigenvalue weighted by Crippen LogP contribution is -2.51. The van der Waals surface area contributed by atoms with E-state index < -0.39 is 0 Å². The van der Waals surface area contributed by atoms with E-state index in [-0.39, 0.29) is 6.04 Å². The summed E-state index contributed by atoms with van der Waals surface area (Å²) in [6.07, 6.45) is 3.61. The monoisotopic (exact) mass is 226 g/mol. The fourth-order valence-electron chi connectivity index (χ4n) is 2.50. The number of likely N-dealkylation sites (tertiary alicyclic amines) is 1. The number of hydrogen-bond donors (Lipinski definition) is 0. The van der Waals surface area contributed by atoms with Crippen LogP contribution in [0.4, 0.5) is 0 Å². The van der Waals surface area contributed by atoms with Gasteiger partial charge in [0.25, 0.3) is 0 Å². The molecule has 2 fully saturated rings. The van der Waals surface area contributed by atoms with Gasteiger partial charge in [-0.3, -0.25) is 9.69 Å². The Balaban J connectivity index is 1.86. The molecule has 4 heteroatoms. The Morgan fingerprint density at radius 2 is 1.69 bits per heavy atom. The fourth-order valence-corrected chi connectivity index (χ4v) is 2.50. The lowest BCUT2D eigenvalue weighted by molar-refractivity contribution is -0.138. The fraction of sp³-hybridized carbons (Fsp3) is 0.917. The zero-order valence-electron chi connectivity index (χ0n) is 10.2. The van der Waals surface area contributed by atoms with Crippen LogP contribution in [0.15, 0.2) is 0 Å². The van der Waals surface area contributed by atoms with Crippen LogP contribution >= 0.6 is 0 Å². The van der Waals surface area contributed by atoms with Gasteiger partial charge >= 0.3 is 0 Å². The molecule has 0 aliphatic carbocycles. The molecule has 0 spiro atoms. The summed E-state index contributed by atoms with van der Waals surface area (Å²) in [4.78, 5) is 16.5. The number of amides is 1. The number of piperidine rings is 1. The summed E-state index contributed by atoms with van der Waals surface area (Å²) in [5, 5.41) is 0. The molecular formula is C12H22N2O2. The van der Waals surface area contributed by atoms with Crippen molar-refractivity contribution in [3.8, 4) is 0 Å². The molecule has 2 rings (SSSR count). The smallest absolute Gasteiger partial charge is 0.239 e. The second kappa shape index (κ2) is 5.64. The molecule has 0 aromatic rings. The number of carbonyl (C=O) groups is 1. The first kappa shape index (κ1) is 11.9. The average Bonchev–Trinajstić information content (AvgIpc) is 2.39. The van der Waals surface area contributed by atoms with Crippen LogP contribution in [-0.2, 0) is 9.53 Å². The van der Waals surface area contributed by atoms with Crippen molar-refractivity contribution in [1.29, 1.82) is 0 Å². The first-order chi connectivity index (χ1) is 7.79. The Kier molecular flexibility index (Phi) is 4.18. The minimum atomic E-state index is 0.0296. The summed E-state index contributed by atoms with van der Waals surface area (Å²) in [6, 6.07) is 0.0296. The third kappa shape index (κ3) is 2.74. The Morgan fingerprint density at radius 3 is 2.31 bits per heavy atom. The lowest BCUT2D eigenvalue weighted by Gasteiger charge is -2.36. The number of hydrogen-bond acceptors (Lipinski definition) is 3. The average molecular weight is 226 g/mol. The highest BCUT2D eigenvalue weighted by atomic mass is 16.5. The normalized spacial score (nSPS) is 25.4. The van der Waals surface area contributed by atoms with E-state index in [2.05, 4.69) is 4.90 Å². The quantitative estimate of drug-likeness (QED) is 0.695. The third-order valence-electron chi connectivity index (χ3n) is 3.62. The Morgan fingerprint density at radius 1 is 1.06 bits per heavy atom. The third-order valence-corrected chi connectivity index (χ3v) is 3.62. The molecule has 4 nitrogen and oxygen atoms in total. The van der Waals surface area contributed by atoms with Crippen molar-refractivity contribution in [2.75, 3.05) is 39.4 Å². The maximum absolute atomic E-state index is 12.2. The highest BCUT2D eigenvalue weighted by molar-refractivity contribution is 5.81. The number of morpholine rings is 1. The summed E-state index contributed by atoms with van der Waals surface area (Å²) in [6.45, 7) is 7.24. The summed E-state index contributed by atoms with van der Waals surface area (Å²) < 4.78 is 5.31. The molecule has 0 N–H and O–H groups in total. The maximum Gasteiger partial charge on any atom is 0.239 e. The molecule has 0 radical (unpaired) electrons. The molecule has 2 saturated heterocycles. The molecule has 1 unspecified atom stereocenters. The van der Waals surface area contributed by atoms with Crippen molar-refractivity contribution in [3.05, 3.63) is 0 Å². The summed E-state index contributed by atoms with van der Waals surface area (Å²) in [7, 11) is 0. The minimum Gasteiger partial charge on any atom is -0.379 e. The van der Waals surface area contributed by atoms with E-state index in [1.807, 2.05) is 11.8 Å². The number of nitrogens with zero attached hydrogens (tertiary/aromatic N) is 2. The van der Waals surface area contributed by atoms with Gasteiger partial charge in [-0.25, -0.2) is 0 Å². The summed E-state index contributed by atoms with van der Waals surface area (Å²) >= 11 is 0. The zero-order valence-corrected chi connectivity index (χ0v) is 10.2. The number of rotatable bonds is 2. The Hall–Kier alpha value is -0.610. The van der Waals surface area contributed by atoms with E-state index in [0.717, 1.165) is 39.4 Å². The van der Waals surface area contributed by atoms with Gasteiger partial charge in [0.1, 0.15) is 0 Å². The standard InChI is InChI=1S/C12H22N2O2/c1-11(13-7-9-16-10-8-13)12(15)14-5-3-2-4-6-14/h11H,2-10H2,1H3. The van der Waals surface area contributed by atoms with Crippen molar-refractivity contribution >= 4 is 5.91 Å². The molecule has 1 atom stereocenters. The van der Waals surface area contributed by atoms with Crippen LogP contribution in [0.25, 0.3) is 0 Å². The van der Waals surface area contributed by atoms with Gasteiger partial charge in [0, 0.05) is 26.2 Å². The largest absolute Gasteiger partial charge is 0.379 e. The topological polar surface area (TPSA) is 32.8 Å². The van der Waals surface area contributed by atoms with Crippen molar-refractivity contribution in [2.45, 2.75) is 32.2 Å². The maximum atomic E-state index is 12.2. The van der Waals surface area contributed by atoms with Crippen LogP contribution in [0.1, 0.15) is 26.2 Å². The van der Waals surface area contributed by atoms with Gasteiger partial charge in [0.2, 0.25) is 5.91 Å². The highest BCUT2D eigenvalue weighted by Crippen LogP contribution is 2.13. The van der Waals surface area contributed by atoms with Crippen LogP contribution in [0.3, 0.4) is 0 Å². The van der Waals surface area contributed by atoms with Crippen molar-refractivity contribution in [2.24, 2.45) is 0 Å². The molecule has 1 amide bonds. The predicted molar refractivity (Wildman–Crippen MR) is 62.3 cm³/mol. The van der Waals surface area contributed by atoms with Gasteiger partial charge in [-0.05, 0) is 26.2 Å². The molecule has 0 aromatic heterocycles. The van der Waals surface area contributed by atoms with Gasteiger partial charge in [0.05, 0.1) is 19.3 Å². The molecular weight excluding hydrogens is 204 g/mol. The SMILES string of the molecule is CC(C(=O)N1CCCCC1)N1CCOCC1. The van der Waals surface area contributed by atoms with Crippen LogP contribution < -0.4 is 0 Å². The molecule has 16 heavy (non-hydrogen) atoms. The van der Waals surface area contributed by atoms with Crippen LogP contribution in [-0.4, -0.2) is 61.1 Å². The molecule has 0 bridgehead atoms. The van der Waals surface area contributed by atoms with Crippen LogP contribution in [0.5, 0.6) is 0 Å². The second-order valence-corrected chi connectivity index (χ2v) is 4.71. The van der Waals surface area contributed by atoms with Crippen LogP contribution in [0.2, 0.25) is 0 Å². The van der Waals surface area contributed by atoms with Gasteiger partial charge in [-0.2, -0.15) is 0 Å². The van der Waals surface area contributed by atoms with Crippen molar-refractivity contribution in [1.82, 2.24) is 9.80 Å². The van der Waals surface area contributed by atoms with Crippen molar-refractivity contribution in [3.63, 3.8) is 0 Å². The molecule has 2 aliphatic heterocycles. The second-order valence-electron chi connectivity index (χ2n) is 4.71. The minimum absolute atomic E-state index is 0.0296.